The molecule has 1 aliphatic rings. The summed E-state index contributed by atoms with van der Waals surface area (Å²) in [5, 5.41) is 2.95. The van der Waals surface area contributed by atoms with Crippen molar-refractivity contribution in [3.8, 4) is 0 Å². The van der Waals surface area contributed by atoms with Crippen LogP contribution in [0.1, 0.15) is 5.56 Å². The van der Waals surface area contributed by atoms with Crippen molar-refractivity contribution in [2.24, 2.45) is 7.05 Å². The Morgan fingerprint density at radius 1 is 1.17 bits per heavy atom. The quantitative estimate of drug-likeness (QED) is 0.929. The molecule has 1 aliphatic heterocycles. The van der Waals surface area contributed by atoms with Crippen molar-refractivity contribution in [2.45, 2.75) is 6.92 Å². The number of hydrogen-bond acceptors (Lipinski definition) is 4. The molecule has 2 heterocycles. The third kappa shape index (κ3) is 3.90. The van der Waals surface area contributed by atoms with Crippen molar-refractivity contribution in [2.75, 3.05) is 42.9 Å². The molecule has 1 fully saturated rings. The van der Waals surface area contributed by atoms with Crippen LogP contribution in [0.25, 0.3) is 0 Å². The molecular formula is C17H23N5O. The number of piperazine rings is 1. The second-order valence-electron chi connectivity index (χ2n) is 6.02. The number of carbonyl (C=O) groups is 1. The Kier molecular flexibility index (Phi) is 4.62. The first kappa shape index (κ1) is 15.6. The maximum Gasteiger partial charge on any atom is 0.238 e. The minimum absolute atomic E-state index is 0.0410. The van der Waals surface area contributed by atoms with E-state index in [0.29, 0.717) is 6.54 Å². The number of anilines is 2. The monoisotopic (exact) mass is 313 g/mol. The van der Waals surface area contributed by atoms with Gasteiger partial charge in [-0.2, -0.15) is 0 Å². The van der Waals surface area contributed by atoms with Crippen molar-refractivity contribution < 1.29 is 4.79 Å². The molecule has 0 unspecified atom stereocenters. The van der Waals surface area contributed by atoms with Crippen molar-refractivity contribution in [1.82, 2.24) is 14.5 Å². The van der Waals surface area contributed by atoms with E-state index in [1.807, 2.05) is 55.2 Å². The van der Waals surface area contributed by atoms with E-state index >= 15 is 0 Å². The van der Waals surface area contributed by atoms with Crippen molar-refractivity contribution in [3.05, 3.63) is 42.2 Å². The normalized spacial score (nSPS) is 15.7. The first-order valence-corrected chi connectivity index (χ1v) is 7.93. The summed E-state index contributed by atoms with van der Waals surface area (Å²) in [5.41, 5.74) is 2.04. The number of benzene rings is 1. The molecule has 0 bridgehead atoms. The lowest BCUT2D eigenvalue weighted by Crippen LogP contribution is -2.49. The zero-order valence-electron chi connectivity index (χ0n) is 13.7. The zero-order chi connectivity index (χ0) is 16.2. The summed E-state index contributed by atoms with van der Waals surface area (Å²) in [5.74, 6) is 1.04. The SMILES string of the molecule is Cc1ccc(NC(=O)CN2CCN(c3nccn3C)CC2)cc1. The average Bonchev–Trinajstić information content (AvgIpc) is 2.96. The van der Waals surface area contributed by atoms with E-state index in [-0.39, 0.29) is 5.91 Å². The molecule has 122 valence electrons. The molecule has 1 aromatic heterocycles. The first-order valence-electron chi connectivity index (χ1n) is 7.93. The number of hydrogen-bond donors (Lipinski definition) is 1. The van der Waals surface area contributed by atoms with Crippen LogP contribution in [0.3, 0.4) is 0 Å². The highest BCUT2D eigenvalue weighted by molar-refractivity contribution is 5.92. The molecule has 0 saturated carbocycles. The second-order valence-corrected chi connectivity index (χ2v) is 6.02. The summed E-state index contributed by atoms with van der Waals surface area (Å²) in [6.07, 6.45) is 3.77. The topological polar surface area (TPSA) is 53.4 Å². The summed E-state index contributed by atoms with van der Waals surface area (Å²) in [6, 6.07) is 7.88. The maximum atomic E-state index is 12.1. The molecule has 2 aromatic rings. The molecule has 6 heteroatoms. The highest BCUT2D eigenvalue weighted by atomic mass is 16.2. The Balaban J connectivity index is 1.47. The van der Waals surface area contributed by atoms with Gasteiger partial charge in [-0.05, 0) is 19.1 Å². The molecule has 23 heavy (non-hydrogen) atoms. The predicted molar refractivity (Wildman–Crippen MR) is 91.7 cm³/mol. The number of aromatic nitrogens is 2. The molecule has 0 atom stereocenters. The fraction of sp³-hybridized carbons (Fsp3) is 0.412. The van der Waals surface area contributed by atoms with E-state index in [2.05, 4.69) is 20.1 Å². The van der Waals surface area contributed by atoms with Crippen LogP contribution in [0.4, 0.5) is 11.6 Å². The van der Waals surface area contributed by atoms with Gasteiger partial charge in [-0.1, -0.05) is 17.7 Å². The number of nitrogens with one attached hydrogen (secondary N) is 1. The molecule has 0 spiro atoms. The highest BCUT2D eigenvalue weighted by Gasteiger charge is 2.21. The number of carbonyl (C=O) groups excluding carboxylic acids is 1. The summed E-state index contributed by atoms with van der Waals surface area (Å²) in [7, 11) is 2.00. The number of rotatable bonds is 4. The standard InChI is InChI=1S/C17H23N5O/c1-14-3-5-15(6-4-14)19-16(23)13-21-9-11-22(12-10-21)17-18-7-8-20(17)2/h3-8H,9-13H2,1-2H3,(H,19,23). The lowest BCUT2D eigenvalue weighted by molar-refractivity contribution is -0.117. The van der Waals surface area contributed by atoms with E-state index in [1.165, 1.54) is 5.56 Å². The van der Waals surface area contributed by atoms with E-state index in [9.17, 15) is 4.79 Å². The molecule has 1 saturated heterocycles. The van der Waals surface area contributed by atoms with Gasteiger partial charge in [0.1, 0.15) is 0 Å². The second kappa shape index (κ2) is 6.83. The van der Waals surface area contributed by atoms with Crippen molar-refractivity contribution in [3.63, 3.8) is 0 Å². The van der Waals surface area contributed by atoms with Crippen LogP contribution in [-0.4, -0.2) is 53.1 Å². The number of aryl methyl sites for hydroxylation is 2. The van der Waals surface area contributed by atoms with Gasteiger partial charge in [0.25, 0.3) is 0 Å². The Morgan fingerprint density at radius 2 is 1.87 bits per heavy atom. The van der Waals surface area contributed by atoms with Crippen LogP contribution in [0.2, 0.25) is 0 Å². The molecule has 1 aromatic carbocycles. The third-order valence-corrected chi connectivity index (χ3v) is 4.15. The van der Waals surface area contributed by atoms with Gasteiger partial charge in [-0.15, -0.1) is 0 Å². The Bertz CT molecular complexity index is 656. The number of nitrogens with zero attached hydrogens (tertiary/aromatic N) is 4. The molecule has 0 aliphatic carbocycles. The minimum Gasteiger partial charge on any atom is -0.340 e. The lowest BCUT2D eigenvalue weighted by Gasteiger charge is -2.34. The van der Waals surface area contributed by atoms with Gasteiger partial charge < -0.3 is 14.8 Å². The van der Waals surface area contributed by atoms with E-state index in [0.717, 1.165) is 37.8 Å². The fourth-order valence-corrected chi connectivity index (χ4v) is 2.81. The van der Waals surface area contributed by atoms with Gasteiger partial charge in [-0.3, -0.25) is 9.69 Å². The third-order valence-electron chi connectivity index (χ3n) is 4.15. The highest BCUT2D eigenvalue weighted by Crippen LogP contribution is 2.13. The van der Waals surface area contributed by atoms with Crippen LogP contribution < -0.4 is 10.2 Å². The van der Waals surface area contributed by atoms with E-state index in [1.54, 1.807) is 0 Å². The smallest absolute Gasteiger partial charge is 0.238 e. The maximum absolute atomic E-state index is 12.1. The molecule has 3 rings (SSSR count). The van der Waals surface area contributed by atoms with Crippen LogP contribution in [0.15, 0.2) is 36.7 Å². The zero-order valence-corrected chi connectivity index (χ0v) is 13.7. The molecule has 1 amide bonds. The van der Waals surface area contributed by atoms with Gasteiger partial charge in [0.05, 0.1) is 6.54 Å². The molecular weight excluding hydrogens is 290 g/mol. The van der Waals surface area contributed by atoms with E-state index in [4.69, 9.17) is 0 Å². The van der Waals surface area contributed by atoms with Crippen LogP contribution in [0.5, 0.6) is 0 Å². The Hall–Kier alpha value is -2.34. The van der Waals surface area contributed by atoms with Crippen LogP contribution in [-0.2, 0) is 11.8 Å². The number of amides is 1. The van der Waals surface area contributed by atoms with Gasteiger partial charge >= 0.3 is 0 Å². The Labute approximate surface area is 136 Å². The van der Waals surface area contributed by atoms with Crippen molar-refractivity contribution >= 4 is 17.5 Å². The minimum atomic E-state index is 0.0410. The van der Waals surface area contributed by atoms with Gasteiger partial charge in [0, 0.05) is 51.3 Å². The lowest BCUT2D eigenvalue weighted by atomic mass is 10.2. The molecule has 0 radical (unpaired) electrons. The average molecular weight is 313 g/mol. The summed E-state index contributed by atoms with van der Waals surface area (Å²) in [6.45, 7) is 5.99. The Morgan fingerprint density at radius 3 is 2.48 bits per heavy atom. The fourth-order valence-electron chi connectivity index (χ4n) is 2.81. The van der Waals surface area contributed by atoms with Gasteiger partial charge in [0.15, 0.2) is 0 Å². The largest absolute Gasteiger partial charge is 0.340 e. The summed E-state index contributed by atoms with van der Waals surface area (Å²) < 4.78 is 2.03. The molecule has 6 nitrogen and oxygen atoms in total. The van der Waals surface area contributed by atoms with Crippen LogP contribution >= 0.6 is 0 Å². The van der Waals surface area contributed by atoms with Gasteiger partial charge in [0.2, 0.25) is 11.9 Å². The predicted octanol–water partition coefficient (Wildman–Crippen LogP) is 1.49. The summed E-state index contributed by atoms with van der Waals surface area (Å²) >= 11 is 0. The summed E-state index contributed by atoms with van der Waals surface area (Å²) in [4.78, 5) is 21.0. The van der Waals surface area contributed by atoms with Gasteiger partial charge in [-0.25, -0.2) is 4.98 Å². The van der Waals surface area contributed by atoms with Crippen LogP contribution in [0, 0.1) is 6.92 Å². The molecule has 1 N–H and O–H groups in total. The first-order chi connectivity index (χ1) is 11.1. The number of imidazole rings is 1. The van der Waals surface area contributed by atoms with E-state index < -0.39 is 0 Å². The van der Waals surface area contributed by atoms with Crippen molar-refractivity contribution in [1.29, 1.82) is 0 Å².